The van der Waals surface area contributed by atoms with Crippen LogP contribution in [0.25, 0.3) is 0 Å². The third-order valence-corrected chi connectivity index (χ3v) is 4.28. The van der Waals surface area contributed by atoms with Crippen molar-refractivity contribution in [3.05, 3.63) is 65.2 Å². The van der Waals surface area contributed by atoms with Crippen LogP contribution in [0.3, 0.4) is 0 Å². The van der Waals surface area contributed by atoms with E-state index in [-0.39, 0.29) is 30.3 Å². The van der Waals surface area contributed by atoms with Gasteiger partial charge in [0.2, 0.25) is 11.8 Å². The molecular weight excluding hydrogens is 344 g/mol. The first kappa shape index (κ1) is 20.2. The highest BCUT2D eigenvalue weighted by Crippen LogP contribution is 2.22. The topological polar surface area (TPSA) is 75.7 Å². The van der Waals surface area contributed by atoms with Gasteiger partial charge >= 0.3 is 5.97 Å². The van der Waals surface area contributed by atoms with Gasteiger partial charge in [-0.2, -0.15) is 0 Å². The number of ether oxygens (including phenoxy) is 1. The zero-order valence-electron chi connectivity index (χ0n) is 15.8. The van der Waals surface area contributed by atoms with Gasteiger partial charge in [-0.3, -0.25) is 9.59 Å². The summed E-state index contributed by atoms with van der Waals surface area (Å²) in [5.41, 5.74) is 2.87. The number of nitrogens with zero attached hydrogens (tertiary/aromatic N) is 1. The Hall–Kier alpha value is -3.15. The highest BCUT2D eigenvalue weighted by Gasteiger charge is 2.20. The van der Waals surface area contributed by atoms with E-state index in [9.17, 15) is 14.4 Å². The molecule has 142 valence electrons. The Balaban J connectivity index is 2.03. The van der Waals surface area contributed by atoms with Gasteiger partial charge in [0.05, 0.1) is 18.4 Å². The van der Waals surface area contributed by atoms with Crippen molar-refractivity contribution in [1.82, 2.24) is 5.32 Å². The summed E-state index contributed by atoms with van der Waals surface area (Å²) in [5.74, 6) is -0.945. The first-order chi connectivity index (χ1) is 12.9. The molecule has 6 heteroatoms. The molecule has 0 saturated heterocycles. The van der Waals surface area contributed by atoms with E-state index in [1.807, 2.05) is 31.2 Å². The maximum absolute atomic E-state index is 12.2. The quantitative estimate of drug-likeness (QED) is 0.763. The number of carbonyl (C=O) groups excluding carboxylic acids is 3. The third kappa shape index (κ3) is 5.41. The normalized spacial score (nSPS) is 10.2. The molecule has 2 rings (SSSR count). The molecule has 0 saturated carbocycles. The predicted molar refractivity (Wildman–Crippen MR) is 103 cm³/mol. The van der Waals surface area contributed by atoms with E-state index in [1.54, 1.807) is 24.3 Å². The first-order valence-electron chi connectivity index (χ1n) is 8.70. The smallest absolute Gasteiger partial charge is 0.339 e. The molecule has 2 aromatic rings. The van der Waals surface area contributed by atoms with E-state index in [4.69, 9.17) is 4.74 Å². The van der Waals surface area contributed by atoms with Gasteiger partial charge in [0.15, 0.2) is 0 Å². The molecule has 0 fully saturated rings. The average molecular weight is 368 g/mol. The molecule has 0 aliphatic rings. The number of hydrogen-bond donors (Lipinski definition) is 1. The van der Waals surface area contributed by atoms with E-state index in [2.05, 4.69) is 5.32 Å². The van der Waals surface area contributed by atoms with Crippen LogP contribution in [0, 0.1) is 6.92 Å². The van der Waals surface area contributed by atoms with Crippen molar-refractivity contribution in [2.24, 2.45) is 0 Å². The Morgan fingerprint density at radius 2 is 1.70 bits per heavy atom. The minimum Gasteiger partial charge on any atom is -0.465 e. The summed E-state index contributed by atoms with van der Waals surface area (Å²) in [4.78, 5) is 37.7. The number of rotatable bonds is 7. The lowest BCUT2D eigenvalue weighted by molar-refractivity contribution is -0.121. The van der Waals surface area contributed by atoms with E-state index in [1.165, 1.54) is 18.9 Å². The molecule has 0 aliphatic heterocycles. The van der Waals surface area contributed by atoms with Crippen LogP contribution in [0.5, 0.6) is 0 Å². The second-order valence-electron chi connectivity index (χ2n) is 6.13. The van der Waals surface area contributed by atoms with Crippen LogP contribution in [-0.4, -0.2) is 31.4 Å². The van der Waals surface area contributed by atoms with Crippen molar-refractivity contribution in [2.45, 2.75) is 26.8 Å². The van der Waals surface area contributed by atoms with Crippen molar-refractivity contribution in [2.75, 3.05) is 18.6 Å². The van der Waals surface area contributed by atoms with Gasteiger partial charge in [-0.05, 0) is 30.2 Å². The molecule has 0 bridgehead atoms. The van der Waals surface area contributed by atoms with Crippen LogP contribution in [-0.2, 0) is 20.9 Å². The standard InChI is InChI=1S/C21H24N2O4/c1-15-8-4-5-9-17(15)14-22-20(25)12-13-23(16(2)24)19-11-7-6-10-18(19)21(26)27-3/h4-11H,12-14H2,1-3H3,(H,22,25). The third-order valence-electron chi connectivity index (χ3n) is 4.28. The van der Waals surface area contributed by atoms with Crippen LogP contribution in [0.1, 0.15) is 34.8 Å². The van der Waals surface area contributed by atoms with Crippen molar-refractivity contribution >= 4 is 23.5 Å². The first-order valence-corrected chi connectivity index (χ1v) is 8.70. The van der Waals surface area contributed by atoms with E-state index >= 15 is 0 Å². The molecule has 0 atom stereocenters. The molecule has 0 spiro atoms. The van der Waals surface area contributed by atoms with Crippen molar-refractivity contribution in [3.8, 4) is 0 Å². The molecular formula is C21H24N2O4. The summed E-state index contributed by atoms with van der Waals surface area (Å²) in [7, 11) is 1.29. The summed E-state index contributed by atoms with van der Waals surface area (Å²) in [5, 5.41) is 2.87. The Bertz CT molecular complexity index is 832. The summed E-state index contributed by atoms with van der Waals surface area (Å²) in [6, 6.07) is 14.5. The summed E-state index contributed by atoms with van der Waals surface area (Å²) in [6.45, 7) is 4.00. The van der Waals surface area contributed by atoms with Crippen LogP contribution < -0.4 is 10.2 Å². The van der Waals surface area contributed by atoms with Gasteiger partial charge in [0, 0.05) is 26.4 Å². The zero-order chi connectivity index (χ0) is 19.8. The van der Waals surface area contributed by atoms with E-state index < -0.39 is 5.97 Å². The van der Waals surface area contributed by atoms with Crippen molar-refractivity contribution < 1.29 is 19.1 Å². The fraction of sp³-hybridized carbons (Fsp3) is 0.286. The Morgan fingerprint density at radius 1 is 1.04 bits per heavy atom. The monoisotopic (exact) mass is 368 g/mol. The minimum atomic E-state index is -0.527. The SMILES string of the molecule is COC(=O)c1ccccc1N(CCC(=O)NCc1ccccc1C)C(C)=O. The number of amides is 2. The molecule has 27 heavy (non-hydrogen) atoms. The molecule has 0 radical (unpaired) electrons. The number of esters is 1. The lowest BCUT2D eigenvalue weighted by atomic mass is 10.1. The lowest BCUT2D eigenvalue weighted by Gasteiger charge is -2.23. The summed E-state index contributed by atoms with van der Waals surface area (Å²) in [6.07, 6.45) is 0.126. The highest BCUT2D eigenvalue weighted by molar-refractivity contribution is 6.02. The summed E-state index contributed by atoms with van der Waals surface area (Å²) >= 11 is 0. The minimum absolute atomic E-state index is 0.126. The van der Waals surface area contributed by atoms with Gasteiger partial charge in [-0.1, -0.05) is 36.4 Å². The molecule has 0 unspecified atom stereocenters. The fourth-order valence-corrected chi connectivity index (χ4v) is 2.74. The number of para-hydroxylation sites is 1. The number of nitrogens with one attached hydrogen (secondary N) is 1. The van der Waals surface area contributed by atoms with Crippen LogP contribution in [0.15, 0.2) is 48.5 Å². The largest absolute Gasteiger partial charge is 0.465 e. The van der Waals surface area contributed by atoms with E-state index in [0.717, 1.165) is 11.1 Å². The Morgan fingerprint density at radius 3 is 2.37 bits per heavy atom. The average Bonchev–Trinajstić information content (AvgIpc) is 2.67. The molecule has 0 aromatic heterocycles. The van der Waals surface area contributed by atoms with Crippen molar-refractivity contribution in [1.29, 1.82) is 0 Å². The van der Waals surface area contributed by atoms with Crippen LogP contribution in [0.4, 0.5) is 5.69 Å². The molecule has 1 N–H and O–H groups in total. The maximum Gasteiger partial charge on any atom is 0.339 e. The molecule has 6 nitrogen and oxygen atoms in total. The van der Waals surface area contributed by atoms with Crippen LogP contribution >= 0.6 is 0 Å². The zero-order valence-corrected chi connectivity index (χ0v) is 15.8. The fourth-order valence-electron chi connectivity index (χ4n) is 2.74. The number of benzene rings is 2. The van der Waals surface area contributed by atoms with Gasteiger partial charge in [-0.25, -0.2) is 4.79 Å². The Kier molecular flexibility index (Phi) is 7.11. The van der Waals surface area contributed by atoms with E-state index in [0.29, 0.717) is 12.2 Å². The number of hydrogen-bond acceptors (Lipinski definition) is 4. The van der Waals surface area contributed by atoms with Gasteiger partial charge in [-0.15, -0.1) is 0 Å². The second-order valence-corrected chi connectivity index (χ2v) is 6.13. The number of methoxy groups -OCH3 is 1. The lowest BCUT2D eigenvalue weighted by Crippen LogP contribution is -2.34. The number of aryl methyl sites for hydroxylation is 1. The predicted octanol–water partition coefficient (Wildman–Crippen LogP) is 2.84. The van der Waals surface area contributed by atoms with Gasteiger partial charge in [0.1, 0.15) is 0 Å². The second kappa shape index (κ2) is 9.52. The van der Waals surface area contributed by atoms with Gasteiger partial charge in [0.25, 0.3) is 0 Å². The Labute approximate surface area is 159 Å². The maximum atomic E-state index is 12.2. The molecule has 0 heterocycles. The number of anilines is 1. The molecule has 2 aromatic carbocycles. The molecule has 0 aliphatic carbocycles. The highest BCUT2D eigenvalue weighted by atomic mass is 16.5. The summed E-state index contributed by atoms with van der Waals surface area (Å²) < 4.78 is 4.77. The van der Waals surface area contributed by atoms with Crippen LogP contribution in [0.2, 0.25) is 0 Å². The van der Waals surface area contributed by atoms with Crippen molar-refractivity contribution in [3.63, 3.8) is 0 Å². The van der Waals surface area contributed by atoms with Gasteiger partial charge < -0.3 is 15.0 Å². The molecule has 2 amide bonds. The number of carbonyl (C=O) groups is 3.